The van der Waals surface area contributed by atoms with Crippen molar-refractivity contribution in [3.8, 4) is 5.75 Å². The summed E-state index contributed by atoms with van der Waals surface area (Å²) < 4.78 is 11.6. The first-order valence-corrected chi connectivity index (χ1v) is 9.99. The van der Waals surface area contributed by atoms with Gasteiger partial charge in [0.05, 0.1) is 0 Å². The molecule has 29 heavy (non-hydrogen) atoms. The molecule has 3 aromatic rings. The summed E-state index contributed by atoms with van der Waals surface area (Å²) in [6.07, 6.45) is 4.34. The normalized spacial score (nSPS) is 13.0. The van der Waals surface area contributed by atoms with Gasteiger partial charge in [-0.2, -0.15) is 0 Å². The quantitative estimate of drug-likeness (QED) is 0.662. The molecule has 1 aliphatic rings. The van der Waals surface area contributed by atoms with Gasteiger partial charge in [0.2, 0.25) is 0 Å². The van der Waals surface area contributed by atoms with Crippen LogP contribution in [0.4, 0.5) is 5.69 Å². The summed E-state index contributed by atoms with van der Waals surface area (Å²) >= 11 is 0. The molecule has 0 fully saturated rings. The minimum atomic E-state index is -0.285. The zero-order valence-electron chi connectivity index (χ0n) is 16.4. The monoisotopic (exact) mass is 392 g/mol. The van der Waals surface area contributed by atoms with Crippen molar-refractivity contribution >= 4 is 28.5 Å². The second kappa shape index (κ2) is 8.39. The molecular formula is C23H24N2O4. The van der Waals surface area contributed by atoms with E-state index in [0.29, 0.717) is 23.5 Å². The number of rotatable bonds is 6. The van der Waals surface area contributed by atoms with Crippen LogP contribution in [-0.2, 0) is 17.6 Å². The molecule has 0 spiro atoms. The van der Waals surface area contributed by atoms with Crippen molar-refractivity contribution in [3.05, 3.63) is 59.4 Å². The first kappa shape index (κ1) is 19.1. The van der Waals surface area contributed by atoms with Crippen molar-refractivity contribution in [2.24, 2.45) is 0 Å². The molecule has 2 N–H and O–H groups in total. The summed E-state index contributed by atoms with van der Waals surface area (Å²) in [4.78, 5) is 24.2. The van der Waals surface area contributed by atoms with Crippen LogP contribution >= 0.6 is 0 Å². The average molecular weight is 392 g/mol. The predicted molar refractivity (Wildman–Crippen MR) is 111 cm³/mol. The summed E-state index contributed by atoms with van der Waals surface area (Å²) in [5.41, 5.74) is 3.20. The molecule has 4 rings (SSSR count). The highest BCUT2D eigenvalue weighted by Crippen LogP contribution is 2.33. The number of nitrogens with one attached hydrogen (secondary N) is 2. The third-order valence-corrected chi connectivity index (χ3v) is 5.04. The van der Waals surface area contributed by atoms with E-state index in [4.69, 9.17) is 9.15 Å². The minimum Gasteiger partial charge on any atom is -0.484 e. The SMILES string of the molecule is CCNC(=O)c1cccc(NC(=O)COc2ccc3oc4c(c3c2)CCCC4)c1. The molecular weight excluding hydrogens is 368 g/mol. The van der Waals surface area contributed by atoms with Gasteiger partial charge in [0.15, 0.2) is 6.61 Å². The fourth-order valence-electron chi connectivity index (χ4n) is 3.68. The van der Waals surface area contributed by atoms with E-state index < -0.39 is 0 Å². The number of carbonyl (C=O) groups excluding carboxylic acids is 2. The summed E-state index contributed by atoms with van der Waals surface area (Å²) in [5, 5.41) is 6.58. The molecule has 0 unspecified atom stereocenters. The Hall–Kier alpha value is -3.28. The topological polar surface area (TPSA) is 80.6 Å². The van der Waals surface area contributed by atoms with Gasteiger partial charge in [-0.1, -0.05) is 6.07 Å². The van der Waals surface area contributed by atoms with E-state index in [1.807, 2.05) is 25.1 Å². The van der Waals surface area contributed by atoms with Crippen LogP contribution < -0.4 is 15.4 Å². The maximum atomic E-state index is 12.3. The third-order valence-electron chi connectivity index (χ3n) is 5.04. The minimum absolute atomic E-state index is 0.114. The number of ether oxygens (including phenoxy) is 1. The van der Waals surface area contributed by atoms with E-state index in [2.05, 4.69) is 10.6 Å². The Morgan fingerprint density at radius 1 is 1.10 bits per heavy atom. The standard InChI is InChI=1S/C23H24N2O4/c1-2-24-23(27)15-6-5-7-16(12-15)25-22(26)14-28-17-10-11-21-19(13-17)18-8-3-4-9-20(18)29-21/h5-7,10-13H,2-4,8-9,14H2,1H3,(H,24,27)(H,25,26). The van der Waals surface area contributed by atoms with Gasteiger partial charge >= 0.3 is 0 Å². The number of furan rings is 1. The fourth-order valence-corrected chi connectivity index (χ4v) is 3.68. The zero-order valence-corrected chi connectivity index (χ0v) is 16.4. The summed E-state index contributed by atoms with van der Waals surface area (Å²) in [6, 6.07) is 12.5. The predicted octanol–water partition coefficient (Wildman–Crippen LogP) is 4.08. The summed E-state index contributed by atoms with van der Waals surface area (Å²) in [6.45, 7) is 2.29. The lowest BCUT2D eigenvalue weighted by atomic mass is 9.96. The van der Waals surface area contributed by atoms with E-state index in [-0.39, 0.29) is 18.4 Å². The Labute approximate surface area is 169 Å². The molecule has 0 aliphatic heterocycles. The molecule has 1 heterocycles. The number of fused-ring (bicyclic) bond motifs is 3. The van der Waals surface area contributed by atoms with Crippen LogP contribution in [-0.4, -0.2) is 25.0 Å². The molecule has 0 saturated heterocycles. The van der Waals surface area contributed by atoms with Crippen LogP contribution in [0.3, 0.4) is 0 Å². The first-order valence-electron chi connectivity index (χ1n) is 9.99. The van der Waals surface area contributed by atoms with Gasteiger partial charge < -0.3 is 19.8 Å². The Bertz CT molecular complexity index is 1050. The first-order chi connectivity index (χ1) is 14.1. The number of hydrogen-bond acceptors (Lipinski definition) is 4. The lowest BCUT2D eigenvalue weighted by molar-refractivity contribution is -0.118. The number of benzene rings is 2. The van der Waals surface area contributed by atoms with Gasteiger partial charge in [-0.05, 0) is 62.6 Å². The van der Waals surface area contributed by atoms with Crippen molar-refractivity contribution in [1.29, 1.82) is 0 Å². The van der Waals surface area contributed by atoms with Crippen molar-refractivity contribution < 1.29 is 18.7 Å². The van der Waals surface area contributed by atoms with E-state index >= 15 is 0 Å². The van der Waals surface area contributed by atoms with Crippen molar-refractivity contribution in [2.75, 3.05) is 18.5 Å². The summed E-state index contributed by atoms with van der Waals surface area (Å²) in [7, 11) is 0. The zero-order chi connectivity index (χ0) is 20.2. The van der Waals surface area contributed by atoms with Gasteiger partial charge in [0.1, 0.15) is 17.1 Å². The van der Waals surface area contributed by atoms with Gasteiger partial charge in [0, 0.05) is 35.2 Å². The molecule has 0 saturated carbocycles. The third kappa shape index (κ3) is 4.26. The van der Waals surface area contributed by atoms with Crippen LogP contribution in [0.5, 0.6) is 5.75 Å². The molecule has 2 amide bonds. The van der Waals surface area contributed by atoms with Crippen LogP contribution in [0.25, 0.3) is 11.0 Å². The van der Waals surface area contributed by atoms with E-state index in [1.54, 1.807) is 24.3 Å². The second-order valence-electron chi connectivity index (χ2n) is 7.15. The van der Waals surface area contributed by atoms with Gasteiger partial charge in [-0.15, -0.1) is 0 Å². The van der Waals surface area contributed by atoms with E-state index in [1.165, 1.54) is 12.0 Å². The number of carbonyl (C=O) groups is 2. The maximum Gasteiger partial charge on any atom is 0.262 e. The van der Waals surface area contributed by atoms with E-state index in [0.717, 1.165) is 36.0 Å². The Morgan fingerprint density at radius 2 is 1.97 bits per heavy atom. The lowest BCUT2D eigenvalue weighted by Crippen LogP contribution is -2.23. The molecule has 6 nitrogen and oxygen atoms in total. The van der Waals surface area contributed by atoms with Gasteiger partial charge in [-0.25, -0.2) is 0 Å². The largest absolute Gasteiger partial charge is 0.484 e. The van der Waals surface area contributed by atoms with Crippen LogP contribution in [0, 0.1) is 0 Å². The maximum absolute atomic E-state index is 12.3. The molecule has 2 aromatic carbocycles. The van der Waals surface area contributed by atoms with Crippen LogP contribution in [0.1, 0.15) is 41.4 Å². The highest BCUT2D eigenvalue weighted by molar-refractivity contribution is 5.97. The summed E-state index contributed by atoms with van der Waals surface area (Å²) in [5.74, 6) is 1.26. The highest BCUT2D eigenvalue weighted by Gasteiger charge is 2.18. The van der Waals surface area contributed by atoms with E-state index in [9.17, 15) is 9.59 Å². The number of anilines is 1. The molecule has 1 aliphatic carbocycles. The Morgan fingerprint density at radius 3 is 2.83 bits per heavy atom. The second-order valence-corrected chi connectivity index (χ2v) is 7.15. The molecule has 0 bridgehead atoms. The smallest absolute Gasteiger partial charge is 0.262 e. The number of amides is 2. The Kier molecular flexibility index (Phi) is 5.51. The lowest BCUT2D eigenvalue weighted by Gasteiger charge is -2.10. The molecule has 150 valence electrons. The molecule has 1 aromatic heterocycles. The van der Waals surface area contributed by atoms with Gasteiger partial charge in [-0.3, -0.25) is 9.59 Å². The molecule has 6 heteroatoms. The van der Waals surface area contributed by atoms with Crippen LogP contribution in [0.2, 0.25) is 0 Å². The molecule has 0 radical (unpaired) electrons. The fraction of sp³-hybridized carbons (Fsp3) is 0.304. The average Bonchev–Trinajstić information content (AvgIpc) is 3.10. The van der Waals surface area contributed by atoms with Crippen LogP contribution in [0.15, 0.2) is 46.9 Å². The van der Waals surface area contributed by atoms with Crippen molar-refractivity contribution in [3.63, 3.8) is 0 Å². The van der Waals surface area contributed by atoms with Crippen molar-refractivity contribution in [2.45, 2.75) is 32.6 Å². The molecule has 0 atom stereocenters. The number of aryl methyl sites for hydroxylation is 2. The van der Waals surface area contributed by atoms with Crippen molar-refractivity contribution in [1.82, 2.24) is 5.32 Å². The highest BCUT2D eigenvalue weighted by atomic mass is 16.5. The van der Waals surface area contributed by atoms with Gasteiger partial charge in [0.25, 0.3) is 11.8 Å². The Balaban J connectivity index is 1.40. The number of hydrogen-bond donors (Lipinski definition) is 2.